The molecule has 1 aliphatic carbocycles. The van der Waals surface area contributed by atoms with Crippen LogP contribution in [-0.4, -0.2) is 13.2 Å². The molecule has 0 amide bonds. The molecule has 2 nitrogen and oxygen atoms in total. The van der Waals surface area contributed by atoms with Crippen LogP contribution in [0.1, 0.15) is 89.1 Å². The average molecular weight is 359 g/mol. The van der Waals surface area contributed by atoms with Gasteiger partial charge in [-0.2, -0.15) is 0 Å². The van der Waals surface area contributed by atoms with Crippen LogP contribution in [0.25, 0.3) is 0 Å². The highest BCUT2D eigenvalue weighted by Crippen LogP contribution is 2.34. The molecule has 1 aromatic carbocycles. The molecule has 1 saturated carbocycles. The Labute approximate surface area is 160 Å². The summed E-state index contributed by atoms with van der Waals surface area (Å²) in [4.78, 5) is 0. The summed E-state index contributed by atoms with van der Waals surface area (Å²) in [7, 11) is 0. The summed E-state index contributed by atoms with van der Waals surface area (Å²) < 4.78 is 11.9. The van der Waals surface area contributed by atoms with Crippen molar-refractivity contribution in [3.63, 3.8) is 0 Å². The lowest BCUT2D eigenvalue weighted by Gasteiger charge is -2.29. The largest absolute Gasteiger partial charge is 0.348 e. The molecule has 3 rings (SSSR count). The predicted octanol–water partition coefficient (Wildman–Crippen LogP) is 6.69. The molecule has 0 radical (unpaired) electrons. The molecule has 2 aliphatic rings. The van der Waals surface area contributed by atoms with Gasteiger partial charge in [0.05, 0.1) is 13.2 Å². The van der Waals surface area contributed by atoms with Gasteiger partial charge >= 0.3 is 0 Å². The van der Waals surface area contributed by atoms with E-state index in [0.29, 0.717) is 5.92 Å². The van der Waals surface area contributed by atoms with Crippen molar-refractivity contribution in [2.24, 2.45) is 17.8 Å². The van der Waals surface area contributed by atoms with Gasteiger partial charge in [-0.25, -0.2) is 0 Å². The molecule has 1 aliphatic heterocycles. The van der Waals surface area contributed by atoms with Crippen molar-refractivity contribution >= 4 is 0 Å². The summed E-state index contributed by atoms with van der Waals surface area (Å²) in [5.41, 5.74) is 2.63. The van der Waals surface area contributed by atoms with E-state index < -0.39 is 0 Å². The number of ether oxygens (including phenoxy) is 2. The van der Waals surface area contributed by atoms with Crippen molar-refractivity contribution in [2.75, 3.05) is 13.2 Å². The lowest BCUT2D eigenvalue weighted by molar-refractivity contribution is -0.206. The Hall–Kier alpha value is -0.860. The monoisotopic (exact) mass is 358 g/mol. The van der Waals surface area contributed by atoms with Gasteiger partial charge in [0.25, 0.3) is 0 Å². The highest BCUT2D eigenvalue weighted by molar-refractivity contribution is 5.23. The number of hydrogen-bond acceptors (Lipinski definition) is 2. The molecule has 0 N–H and O–H groups in total. The van der Waals surface area contributed by atoms with E-state index in [4.69, 9.17) is 9.47 Å². The summed E-state index contributed by atoms with van der Waals surface area (Å²) in [5.74, 6) is 2.54. The molecule has 146 valence electrons. The Balaban J connectivity index is 1.40. The Kier molecular flexibility index (Phi) is 8.01. The highest BCUT2D eigenvalue weighted by Gasteiger charge is 2.23. The van der Waals surface area contributed by atoms with Crippen LogP contribution in [0.2, 0.25) is 0 Å². The summed E-state index contributed by atoms with van der Waals surface area (Å²) in [6.07, 6.45) is 13.4. The van der Waals surface area contributed by atoms with Gasteiger partial charge in [-0.3, -0.25) is 0 Å². The van der Waals surface area contributed by atoms with E-state index in [1.165, 1.54) is 75.3 Å². The van der Waals surface area contributed by atoms with Crippen LogP contribution in [0.5, 0.6) is 0 Å². The van der Waals surface area contributed by atoms with E-state index in [2.05, 4.69) is 38.1 Å². The Morgan fingerprint density at radius 1 is 0.731 bits per heavy atom. The summed E-state index contributed by atoms with van der Waals surface area (Å²) in [6.45, 7) is 6.21. The van der Waals surface area contributed by atoms with E-state index in [0.717, 1.165) is 25.0 Å². The molecule has 1 saturated heterocycles. The maximum absolute atomic E-state index is 5.93. The first-order valence-electron chi connectivity index (χ1n) is 11.1. The van der Waals surface area contributed by atoms with E-state index in [9.17, 15) is 0 Å². The zero-order valence-electron chi connectivity index (χ0n) is 16.9. The zero-order chi connectivity index (χ0) is 18.2. The van der Waals surface area contributed by atoms with Crippen LogP contribution in [0.15, 0.2) is 24.3 Å². The fourth-order valence-electron chi connectivity index (χ4n) is 4.74. The number of rotatable bonds is 8. The van der Waals surface area contributed by atoms with Crippen molar-refractivity contribution in [2.45, 2.75) is 84.3 Å². The van der Waals surface area contributed by atoms with E-state index in [1.807, 2.05) is 0 Å². The molecule has 26 heavy (non-hydrogen) atoms. The fraction of sp³-hybridized carbons (Fsp3) is 0.750. The van der Waals surface area contributed by atoms with Crippen molar-refractivity contribution in [3.05, 3.63) is 35.4 Å². The van der Waals surface area contributed by atoms with Gasteiger partial charge in [0.15, 0.2) is 6.29 Å². The van der Waals surface area contributed by atoms with Gasteiger partial charge in [0, 0.05) is 11.5 Å². The molecule has 0 unspecified atom stereocenters. The summed E-state index contributed by atoms with van der Waals surface area (Å²) in [6, 6.07) is 8.97. The van der Waals surface area contributed by atoms with E-state index in [1.54, 1.807) is 0 Å². The third-order valence-electron chi connectivity index (χ3n) is 6.42. The molecular formula is C24H38O2. The third kappa shape index (κ3) is 5.82. The number of benzene rings is 1. The van der Waals surface area contributed by atoms with Crippen LogP contribution < -0.4 is 0 Å². The normalized spacial score (nSPS) is 29.6. The fourth-order valence-corrected chi connectivity index (χ4v) is 4.74. The molecular weight excluding hydrogens is 320 g/mol. The second kappa shape index (κ2) is 10.5. The predicted molar refractivity (Wildman–Crippen MR) is 108 cm³/mol. The van der Waals surface area contributed by atoms with E-state index >= 15 is 0 Å². The summed E-state index contributed by atoms with van der Waals surface area (Å²) >= 11 is 0. The lowest BCUT2D eigenvalue weighted by atomic mass is 9.78. The smallest absolute Gasteiger partial charge is 0.183 e. The molecule has 0 bridgehead atoms. The number of aryl methyl sites for hydroxylation is 1. The van der Waals surface area contributed by atoms with Crippen LogP contribution in [0, 0.1) is 17.8 Å². The highest BCUT2D eigenvalue weighted by atomic mass is 16.7. The first-order valence-corrected chi connectivity index (χ1v) is 11.1. The third-order valence-corrected chi connectivity index (χ3v) is 6.42. The Morgan fingerprint density at radius 2 is 1.27 bits per heavy atom. The van der Waals surface area contributed by atoms with Crippen molar-refractivity contribution in [1.29, 1.82) is 0 Å². The van der Waals surface area contributed by atoms with Gasteiger partial charge in [0.1, 0.15) is 0 Å². The van der Waals surface area contributed by atoms with Gasteiger partial charge in [-0.05, 0) is 36.7 Å². The van der Waals surface area contributed by atoms with Crippen molar-refractivity contribution in [3.8, 4) is 0 Å². The molecule has 1 heterocycles. The first kappa shape index (κ1) is 19.9. The van der Waals surface area contributed by atoms with Gasteiger partial charge in [0.2, 0.25) is 0 Å². The second-order valence-corrected chi connectivity index (χ2v) is 8.61. The minimum absolute atomic E-state index is 0.161. The molecule has 1 aromatic rings. The van der Waals surface area contributed by atoms with E-state index in [-0.39, 0.29) is 6.29 Å². The minimum Gasteiger partial charge on any atom is -0.348 e. The molecule has 2 heteroatoms. The Morgan fingerprint density at radius 3 is 1.85 bits per heavy atom. The second-order valence-electron chi connectivity index (χ2n) is 8.61. The SMILES string of the molecule is CCCC1CCC(CCc2ccc(C3OCC(CCC)CO3)cc2)CC1. The van der Waals surface area contributed by atoms with Crippen molar-refractivity contribution < 1.29 is 9.47 Å². The minimum atomic E-state index is -0.161. The molecule has 0 atom stereocenters. The van der Waals surface area contributed by atoms with Crippen LogP contribution in [0.4, 0.5) is 0 Å². The standard InChI is InChI=1S/C24H38O2/c1-3-5-19-7-9-20(10-8-19)11-12-21-13-15-23(16-14-21)24-25-17-22(6-4-2)18-26-24/h13-16,19-20,22,24H,3-12,17-18H2,1-2H3. The van der Waals surface area contributed by atoms with Crippen LogP contribution in [-0.2, 0) is 15.9 Å². The maximum Gasteiger partial charge on any atom is 0.183 e. The topological polar surface area (TPSA) is 18.5 Å². The molecule has 0 aromatic heterocycles. The quantitative estimate of drug-likeness (QED) is 0.515. The molecule has 2 fully saturated rings. The Bertz CT molecular complexity index is 493. The van der Waals surface area contributed by atoms with Crippen LogP contribution >= 0.6 is 0 Å². The van der Waals surface area contributed by atoms with Crippen molar-refractivity contribution in [1.82, 2.24) is 0 Å². The van der Waals surface area contributed by atoms with Gasteiger partial charge < -0.3 is 9.47 Å². The lowest BCUT2D eigenvalue weighted by Crippen LogP contribution is -2.26. The van der Waals surface area contributed by atoms with Gasteiger partial charge in [-0.15, -0.1) is 0 Å². The zero-order valence-corrected chi connectivity index (χ0v) is 16.9. The maximum atomic E-state index is 5.93. The molecule has 0 spiro atoms. The van der Waals surface area contributed by atoms with Gasteiger partial charge in [-0.1, -0.05) is 83.1 Å². The average Bonchev–Trinajstić information content (AvgIpc) is 2.69. The summed E-state index contributed by atoms with van der Waals surface area (Å²) in [5, 5.41) is 0. The van der Waals surface area contributed by atoms with Crippen LogP contribution in [0.3, 0.4) is 0 Å². The number of hydrogen-bond donors (Lipinski definition) is 0. The first-order chi connectivity index (χ1) is 12.8.